The second kappa shape index (κ2) is 8.78. The highest BCUT2D eigenvalue weighted by molar-refractivity contribution is 5.89. The van der Waals surface area contributed by atoms with Crippen LogP contribution in [-0.2, 0) is 0 Å². The number of fused-ring (bicyclic) bond motifs is 1. The van der Waals surface area contributed by atoms with Gasteiger partial charge >= 0.3 is 5.63 Å². The third-order valence-corrected chi connectivity index (χ3v) is 3.94. The van der Waals surface area contributed by atoms with Crippen LogP contribution >= 0.6 is 0 Å². The summed E-state index contributed by atoms with van der Waals surface area (Å²) in [5.74, 6) is 0. The summed E-state index contributed by atoms with van der Waals surface area (Å²) in [4.78, 5) is 15.6. The van der Waals surface area contributed by atoms with Gasteiger partial charge in [-0.15, -0.1) is 0 Å². The van der Waals surface area contributed by atoms with Gasteiger partial charge in [-0.25, -0.2) is 4.79 Å². The Morgan fingerprint density at radius 3 is 2.40 bits per heavy atom. The van der Waals surface area contributed by atoms with Crippen molar-refractivity contribution in [2.45, 2.75) is 19.3 Å². The molecule has 2 heterocycles. The predicted molar refractivity (Wildman–Crippen MR) is 105 cm³/mol. The van der Waals surface area contributed by atoms with Gasteiger partial charge < -0.3 is 4.42 Å². The lowest BCUT2D eigenvalue weighted by Gasteiger charge is -2.00. The molecular weight excluding hydrogens is 310 g/mol. The minimum absolute atomic E-state index is 0.327. The maximum atomic E-state index is 11.5. The quantitative estimate of drug-likeness (QED) is 0.605. The van der Waals surface area contributed by atoms with E-state index in [9.17, 15) is 4.79 Å². The molecule has 1 aliphatic rings. The number of hydrogen-bond acceptors (Lipinski definition) is 3. The van der Waals surface area contributed by atoms with Crippen LogP contribution < -0.4 is 5.63 Å². The lowest BCUT2D eigenvalue weighted by Crippen LogP contribution is -1.97. The Hall–Kier alpha value is -2.94. The Morgan fingerprint density at radius 2 is 1.72 bits per heavy atom. The van der Waals surface area contributed by atoms with E-state index in [0.717, 1.165) is 23.1 Å². The van der Waals surface area contributed by atoms with Crippen LogP contribution in [0.3, 0.4) is 0 Å². The van der Waals surface area contributed by atoms with Gasteiger partial charge in [-0.2, -0.15) is 0 Å². The highest BCUT2D eigenvalue weighted by Crippen LogP contribution is 2.18. The zero-order valence-corrected chi connectivity index (χ0v) is 14.1. The van der Waals surface area contributed by atoms with Crippen LogP contribution in [0.2, 0.25) is 0 Å². The van der Waals surface area contributed by atoms with Crippen molar-refractivity contribution in [1.29, 1.82) is 0 Å². The summed E-state index contributed by atoms with van der Waals surface area (Å²) in [7, 11) is 0. The molecule has 2 aromatic carbocycles. The van der Waals surface area contributed by atoms with Gasteiger partial charge in [0.05, 0.1) is 0 Å². The van der Waals surface area contributed by atoms with E-state index in [2.05, 4.69) is 4.99 Å². The largest absolute Gasteiger partial charge is 0.423 e. The van der Waals surface area contributed by atoms with Gasteiger partial charge in [0.25, 0.3) is 0 Å². The average molecular weight is 331 g/mol. The molecule has 0 atom stereocenters. The van der Waals surface area contributed by atoms with E-state index in [0.29, 0.717) is 5.58 Å². The van der Waals surface area contributed by atoms with Gasteiger partial charge in [0.1, 0.15) is 5.58 Å². The molecule has 0 bridgehead atoms. The number of hydrogen-bond donors (Lipinski definition) is 0. The van der Waals surface area contributed by atoms with Crippen molar-refractivity contribution >= 4 is 29.3 Å². The van der Waals surface area contributed by atoms with E-state index in [4.69, 9.17) is 4.42 Å². The molecule has 4 rings (SSSR count). The van der Waals surface area contributed by atoms with Crippen LogP contribution in [0.1, 0.15) is 30.4 Å². The highest BCUT2D eigenvalue weighted by atomic mass is 16.4. The van der Waals surface area contributed by atoms with Gasteiger partial charge in [0.2, 0.25) is 0 Å². The van der Waals surface area contributed by atoms with Crippen molar-refractivity contribution < 1.29 is 4.42 Å². The molecule has 0 saturated carbocycles. The first-order valence-corrected chi connectivity index (χ1v) is 8.57. The monoisotopic (exact) mass is 331 g/mol. The van der Waals surface area contributed by atoms with E-state index >= 15 is 0 Å². The molecule has 0 fully saturated rings. The summed E-state index contributed by atoms with van der Waals surface area (Å²) in [5, 5.41) is 0.939. The molecule has 3 nitrogen and oxygen atoms in total. The highest BCUT2D eigenvalue weighted by Gasteiger charge is 2.01. The number of benzene rings is 2. The maximum absolute atomic E-state index is 11.5. The number of para-hydroxylation sites is 1. The Kier molecular flexibility index (Phi) is 5.94. The van der Waals surface area contributed by atoms with Gasteiger partial charge in [0, 0.05) is 18.0 Å². The van der Waals surface area contributed by atoms with E-state index in [1.807, 2.05) is 66.9 Å². The van der Waals surface area contributed by atoms with E-state index in [1.54, 1.807) is 6.07 Å². The molecule has 0 saturated heterocycles. The van der Waals surface area contributed by atoms with Crippen LogP contribution in [0.25, 0.3) is 23.1 Å². The van der Waals surface area contributed by atoms with Crippen molar-refractivity contribution in [3.05, 3.63) is 82.2 Å². The first kappa shape index (κ1) is 16.9. The summed E-state index contributed by atoms with van der Waals surface area (Å²) in [5.41, 5.74) is 2.25. The Labute approximate surface area is 147 Å². The van der Waals surface area contributed by atoms with Crippen molar-refractivity contribution in [1.82, 2.24) is 0 Å². The molecule has 0 radical (unpaired) electrons. The zero-order chi connectivity index (χ0) is 17.3. The van der Waals surface area contributed by atoms with E-state index < -0.39 is 0 Å². The topological polar surface area (TPSA) is 42.6 Å². The van der Waals surface area contributed by atoms with Gasteiger partial charge in [-0.3, -0.25) is 4.99 Å². The fraction of sp³-hybridized carbons (Fsp3) is 0.182. The van der Waals surface area contributed by atoms with Gasteiger partial charge in [0.15, 0.2) is 0 Å². The molecule has 0 aliphatic carbocycles. The Balaban J connectivity index is 0.000000258. The number of aliphatic imine (C=N–C) groups is 1. The summed E-state index contributed by atoms with van der Waals surface area (Å²) in [6, 6.07) is 19.0. The Morgan fingerprint density at radius 1 is 0.920 bits per heavy atom. The molecule has 126 valence electrons. The second-order valence-electron chi connectivity index (χ2n) is 5.85. The second-order valence-corrected chi connectivity index (χ2v) is 5.85. The number of rotatable bonds is 2. The lowest BCUT2D eigenvalue weighted by molar-refractivity contribution is 0.560. The van der Waals surface area contributed by atoms with Crippen LogP contribution in [0.5, 0.6) is 0 Å². The van der Waals surface area contributed by atoms with Crippen molar-refractivity contribution in [3.8, 4) is 0 Å². The van der Waals surface area contributed by atoms with Crippen LogP contribution in [0.15, 0.2) is 74.9 Å². The van der Waals surface area contributed by atoms with Gasteiger partial charge in [-0.1, -0.05) is 60.7 Å². The lowest BCUT2D eigenvalue weighted by atomic mass is 10.1. The summed E-state index contributed by atoms with van der Waals surface area (Å²) in [6.45, 7) is 1.07. The van der Waals surface area contributed by atoms with Crippen molar-refractivity contribution in [3.63, 3.8) is 0 Å². The molecule has 1 aliphatic heterocycles. The summed E-state index contributed by atoms with van der Waals surface area (Å²) >= 11 is 0. The Bertz CT molecular complexity index is 915. The molecule has 0 unspecified atom stereocenters. The van der Waals surface area contributed by atoms with E-state index in [-0.39, 0.29) is 5.63 Å². The fourth-order valence-corrected chi connectivity index (χ4v) is 2.65. The van der Waals surface area contributed by atoms with Crippen molar-refractivity contribution in [2.75, 3.05) is 6.54 Å². The molecular formula is C22H21NO2. The first-order chi connectivity index (χ1) is 12.3. The van der Waals surface area contributed by atoms with Crippen LogP contribution in [0.4, 0.5) is 0 Å². The minimum atomic E-state index is -0.327. The SMILES string of the molecule is C1=NCCCC1.O=c1cc(C=Cc2ccccc2)c2ccccc2o1. The molecule has 1 aromatic heterocycles. The summed E-state index contributed by atoms with van der Waals surface area (Å²) in [6.07, 6.45) is 9.80. The third-order valence-electron chi connectivity index (χ3n) is 3.94. The fourth-order valence-electron chi connectivity index (χ4n) is 2.65. The van der Waals surface area contributed by atoms with Gasteiger partial charge in [-0.05, 0) is 42.7 Å². The molecule has 0 spiro atoms. The molecule has 25 heavy (non-hydrogen) atoms. The van der Waals surface area contributed by atoms with Crippen molar-refractivity contribution in [2.24, 2.45) is 4.99 Å². The third kappa shape index (κ3) is 5.01. The molecule has 3 aromatic rings. The number of nitrogens with zero attached hydrogens (tertiary/aromatic N) is 1. The normalized spacial score (nSPS) is 13.6. The average Bonchev–Trinajstić information content (AvgIpc) is 2.68. The molecule has 0 amide bonds. The van der Waals surface area contributed by atoms with E-state index in [1.165, 1.54) is 25.3 Å². The molecule has 0 N–H and O–H groups in total. The summed E-state index contributed by atoms with van der Waals surface area (Å²) < 4.78 is 5.16. The van der Waals surface area contributed by atoms with Crippen LogP contribution in [0, 0.1) is 0 Å². The first-order valence-electron chi connectivity index (χ1n) is 8.57. The zero-order valence-electron chi connectivity index (χ0n) is 14.1. The predicted octanol–water partition coefficient (Wildman–Crippen LogP) is 5.20. The van der Waals surface area contributed by atoms with Crippen LogP contribution in [-0.4, -0.2) is 12.8 Å². The standard InChI is InChI=1S/C17H12O2.C5H9N/c18-17-12-14(11-10-13-6-2-1-3-7-13)15-8-4-5-9-16(15)19-17;1-2-4-6-5-3-1/h1-12H;4H,1-3,5H2. The molecule has 3 heteroatoms. The smallest absolute Gasteiger partial charge is 0.336 e. The maximum Gasteiger partial charge on any atom is 0.336 e. The minimum Gasteiger partial charge on any atom is -0.423 e.